The molecule has 0 atom stereocenters. The molecule has 32 heavy (non-hydrogen) atoms. The first-order valence-corrected chi connectivity index (χ1v) is 10.9. The van der Waals surface area contributed by atoms with Crippen LogP contribution in [0.1, 0.15) is 0 Å². The van der Waals surface area contributed by atoms with Crippen LogP contribution in [0.4, 0.5) is 11.5 Å². The molecule has 3 aromatic carbocycles. The van der Waals surface area contributed by atoms with E-state index in [1.54, 1.807) is 24.2 Å². The van der Waals surface area contributed by atoms with Crippen molar-refractivity contribution >= 4 is 45.2 Å². The smallest absolute Gasteiger partial charge is 0.162 e. The van der Waals surface area contributed by atoms with Crippen molar-refractivity contribution in [1.29, 1.82) is 0 Å². The quantitative estimate of drug-likeness (QED) is 0.317. The second-order valence-corrected chi connectivity index (χ2v) is 8.41. The molecule has 0 saturated carbocycles. The summed E-state index contributed by atoms with van der Waals surface area (Å²) in [4.78, 5) is 11.8. The number of H-pyrrole nitrogens is 2. The zero-order valence-corrected chi connectivity index (χ0v) is 17.6. The molecule has 0 fully saturated rings. The first-order chi connectivity index (χ1) is 15.8. The fourth-order valence-electron chi connectivity index (χ4n) is 3.50. The van der Waals surface area contributed by atoms with Crippen LogP contribution in [0.15, 0.2) is 95.0 Å². The standard InChI is InChI=1S/C24H17N7S/c1-2-4-18(5-3-1)32-19-10-8-17(9-11-19)27-24-22-21(14-26-31-22)28-23(29-24)15-6-7-16-13-25-30-20(16)12-15/h1-14H,(H,25,30)(H,26,31)(H,27,28,29). The van der Waals surface area contributed by atoms with Crippen molar-refractivity contribution in [2.75, 3.05) is 5.32 Å². The second kappa shape index (κ2) is 7.82. The lowest BCUT2D eigenvalue weighted by atomic mass is 10.1. The van der Waals surface area contributed by atoms with Crippen molar-refractivity contribution in [3.05, 3.63) is 85.2 Å². The summed E-state index contributed by atoms with van der Waals surface area (Å²) in [6.45, 7) is 0. The molecule has 8 heteroatoms. The van der Waals surface area contributed by atoms with E-state index in [1.807, 2.05) is 48.5 Å². The third-order valence-electron chi connectivity index (χ3n) is 5.10. The highest BCUT2D eigenvalue weighted by molar-refractivity contribution is 7.99. The van der Waals surface area contributed by atoms with Crippen LogP contribution in [0.2, 0.25) is 0 Å². The van der Waals surface area contributed by atoms with E-state index in [0.29, 0.717) is 11.6 Å². The van der Waals surface area contributed by atoms with Gasteiger partial charge in [-0.3, -0.25) is 10.2 Å². The van der Waals surface area contributed by atoms with Gasteiger partial charge in [0.25, 0.3) is 0 Å². The molecule has 0 amide bonds. The Morgan fingerprint density at radius 2 is 1.56 bits per heavy atom. The summed E-state index contributed by atoms with van der Waals surface area (Å²) < 4.78 is 0. The fraction of sp³-hybridized carbons (Fsp3) is 0. The Bertz CT molecular complexity index is 1520. The van der Waals surface area contributed by atoms with E-state index in [0.717, 1.165) is 33.2 Å². The van der Waals surface area contributed by atoms with Gasteiger partial charge in [-0.1, -0.05) is 42.1 Å². The summed E-state index contributed by atoms with van der Waals surface area (Å²) >= 11 is 1.73. The fourth-order valence-corrected chi connectivity index (χ4v) is 4.34. The van der Waals surface area contributed by atoms with E-state index in [4.69, 9.17) is 4.98 Å². The number of anilines is 2. The lowest BCUT2D eigenvalue weighted by Gasteiger charge is -2.10. The van der Waals surface area contributed by atoms with Gasteiger partial charge in [0, 0.05) is 26.4 Å². The Morgan fingerprint density at radius 1 is 0.750 bits per heavy atom. The molecule has 6 rings (SSSR count). The average Bonchev–Trinajstić information content (AvgIpc) is 3.50. The molecule has 0 bridgehead atoms. The molecule has 3 aromatic heterocycles. The summed E-state index contributed by atoms with van der Waals surface area (Å²) in [5.74, 6) is 1.30. The third kappa shape index (κ3) is 3.57. The number of benzene rings is 3. The van der Waals surface area contributed by atoms with Gasteiger partial charge in [0.05, 0.1) is 17.9 Å². The molecule has 0 unspecified atom stereocenters. The monoisotopic (exact) mass is 435 g/mol. The Labute approximate surface area is 187 Å². The van der Waals surface area contributed by atoms with Gasteiger partial charge in [0.15, 0.2) is 11.6 Å². The molecule has 0 radical (unpaired) electrons. The molecule has 3 heterocycles. The van der Waals surface area contributed by atoms with Crippen LogP contribution < -0.4 is 5.32 Å². The van der Waals surface area contributed by atoms with Crippen LogP contribution >= 0.6 is 11.8 Å². The molecule has 0 saturated heterocycles. The van der Waals surface area contributed by atoms with E-state index in [9.17, 15) is 0 Å². The van der Waals surface area contributed by atoms with Gasteiger partial charge < -0.3 is 5.32 Å². The molecule has 0 aliphatic heterocycles. The van der Waals surface area contributed by atoms with Crippen molar-refractivity contribution in [3.63, 3.8) is 0 Å². The summed E-state index contributed by atoms with van der Waals surface area (Å²) in [7, 11) is 0. The zero-order valence-electron chi connectivity index (χ0n) is 16.8. The van der Waals surface area contributed by atoms with E-state index >= 15 is 0 Å². The molecular weight excluding hydrogens is 418 g/mol. The number of nitrogens with zero attached hydrogens (tertiary/aromatic N) is 4. The van der Waals surface area contributed by atoms with Gasteiger partial charge in [-0.15, -0.1) is 0 Å². The molecule has 154 valence electrons. The lowest BCUT2D eigenvalue weighted by Crippen LogP contribution is -1.99. The Morgan fingerprint density at radius 3 is 2.44 bits per heavy atom. The van der Waals surface area contributed by atoms with Gasteiger partial charge in [-0.05, 0) is 42.5 Å². The summed E-state index contributed by atoms with van der Waals surface area (Å²) in [6.07, 6.45) is 3.51. The van der Waals surface area contributed by atoms with E-state index in [1.165, 1.54) is 9.79 Å². The van der Waals surface area contributed by atoms with Gasteiger partial charge >= 0.3 is 0 Å². The maximum Gasteiger partial charge on any atom is 0.162 e. The Hall–Kier alpha value is -4.17. The average molecular weight is 436 g/mol. The molecule has 7 nitrogen and oxygen atoms in total. The summed E-state index contributed by atoms with van der Waals surface area (Å²) in [5, 5.41) is 18.7. The van der Waals surface area contributed by atoms with Gasteiger partial charge in [0.2, 0.25) is 0 Å². The van der Waals surface area contributed by atoms with Crippen molar-refractivity contribution in [1.82, 2.24) is 30.4 Å². The molecular formula is C24H17N7S. The summed E-state index contributed by atoms with van der Waals surface area (Å²) in [6, 6.07) is 24.6. The number of hydrogen-bond donors (Lipinski definition) is 3. The molecule has 3 N–H and O–H groups in total. The minimum atomic E-state index is 0.620. The highest BCUT2D eigenvalue weighted by Gasteiger charge is 2.12. The predicted octanol–water partition coefficient (Wildman–Crippen LogP) is 5.79. The van der Waals surface area contributed by atoms with Gasteiger partial charge in [-0.25, -0.2) is 9.97 Å². The zero-order chi connectivity index (χ0) is 21.3. The highest BCUT2D eigenvalue weighted by Crippen LogP contribution is 2.30. The predicted molar refractivity (Wildman–Crippen MR) is 127 cm³/mol. The van der Waals surface area contributed by atoms with Crippen molar-refractivity contribution in [2.45, 2.75) is 9.79 Å². The second-order valence-electron chi connectivity index (χ2n) is 7.26. The van der Waals surface area contributed by atoms with E-state index in [2.05, 4.69) is 55.0 Å². The summed E-state index contributed by atoms with van der Waals surface area (Å²) in [5.41, 5.74) is 4.30. The van der Waals surface area contributed by atoms with Crippen molar-refractivity contribution in [3.8, 4) is 11.4 Å². The number of rotatable bonds is 5. The largest absolute Gasteiger partial charge is 0.338 e. The van der Waals surface area contributed by atoms with Crippen LogP contribution in [-0.4, -0.2) is 30.4 Å². The maximum absolute atomic E-state index is 4.79. The topological polar surface area (TPSA) is 95.2 Å². The number of aromatic nitrogens is 6. The third-order valence-corrected chi connectivity index (χ3v) is 6.11. The number of hydrogen-bond acceptors (Lipinski definition) is 6. The van der Waals surface area contributed by atoms with Crippen LogP contribution in [0.3, 0.4) is 0 Å². The van der Waals surface area contributed by atoms with Gasteiger partial charge in [0.1, 0.15) is 11.0 Å². The number of nitrogens with one attached hydrogen (secondary N) is 3. The molecule has 0 aliphatic carbocycles. The minimum Gasteiger partial charge on any atom is -0.338 e. The van der Waals surface area contributed by atoms with E-state index in [-0.39, 0.29) is 0 Å². The molecule has 0 aliphatic rings. The van der Waals surface area contributed by atoms with Crippen molar-refractivity contribution in [2.24, 2.45) is 0 Å². The van der Waals surface area contributed by atoms with Crippen LogP contribution in [0, 0.1) is 0 Å². The van der Waals surface area contributed by atoms with Crippen LogP contribution in [0.25, 0.3) is 33.3 Å². The van der Waals surface area contributed by atoms with E-state index < -0.39 is 0 Å². The Kier molecular flexibility index (Phi) is 4.54. The normalized spacial score (nSPS) is 11.2. The molecule has 6 aromatic rings. The van der Waals surface area contributed by atoms with Crippen LogP contribution in [-0.2, 0) is 0 Å². The highest BCUT2D eigenvalue weighted by atomic mass is 32.2. The maximum atomic E-state index is 4.79. The van der Waals surface area contributed by atoms with Gasteiger partial charge in [-0.2, -0.15) is 10.2 Å². The van der Waals surface area contributed by atoms with Crippen molar-refractivity contribution < 1.29 is 0 Å². The first kappa shape index (κ1) is 18.6. The minimum absolute atomic E-state index is 0.620. The molecule has 0 spiro atoms. The number of aromatic amines is 2. The SMILES string of the molecule is c1ccc(Sc2ccc(Nc3nc(-c4ccc5cn[nH]c5c4)nc4cn[nH]c34)cc2)cc1. The first-order valence-electron chi connectivity index (χ1n) is 10.1. The number of fused-ring (bicyclic) bond motifs is 2. The Balaban J connectivity index is 1.32. The van der Waals surface area contributed by atoms with Crippen LogP contribution in [0.5, 0.6) is 0 Å². The lowest BCUT2D eigenvalue weighted by molar-refractivity contribution is 1.11.